The number of rotatable bonds is 10. The SMILES string of the molecule is COc1cc(CC(O)C(CC(=O)CC2c3cc(OC)c(O)cc3C=CC3CCCCC32)OC(C)=O)ccc1O. The topological polar surface area (TPSA) is 123 Å². The van der Waals surface area contributed by atoms with Crippen molar-refractivity contribution < 1.29 is 39.1 Å². The Bertz CT molecular complexity index is 1220. The second-order valence-electron chi connectivity index (χ2n) is 10.6. The lowest BCUT2D eigenvalue weighted by atomic mass is 9.69. The van der Waals surface area contributed by atoms with Crippen LogP contribution in [0.4, 0.5) is 0 Å². The van der Waals surface area contributed by atoms with Crippen LogP contribution < -0.4 is 9.47 Å². The van der Waals surface area contributed by atoms with E-state index in [0.29, 0.717) is 17.2 Å². The molecule has 0 saturated heterocycles. The Morgan fingerprint density at radius 3 is 2.44 bits per heavy atom. The standard InChI is InChI=1S/C31H38O8/c1-18(32)39-31(27(35)12-19-8-11-26(34)29(13-19)37-2)16-22(33)15-25-23-7-5-4-6-20(23)9-10-21-14-28(36)30(38-3)17-24(21)25/h8-11,13-14,17,20,23,25,27,31,34-36H,4-7,12,15-16H2,1-3H3. The Labute approximate surface area is 229 Å². The maximum absolute atomic E-state index is 13.6. The number of carbonyl (C=O) groups excluding carboxylic acids is 2. The van der Waals surface area contributed by atoms with E-state index in [0.717, 1.165) is 36.8 Å². The van der Waals surface area contributed by atoms with Gasteiger partial charge in [-0.2, -0.15) is 0 Å². The van der Waals surface area contributed by atoms with Gasteiger partial charge in [-0.15, -0.1) is 0 Å². The molecule has 2 aliphatic rings. The van der Waals surface area contributed by atoms with E-state index in [2.05, 4.69) is 6.08 Å². The first-order valence-corrected chi connectivity index (χ1v) is 13.5. The zero-order chi connectivity index (χ0) is 28.1. The summed E-state index contributed by atoms with van der Waals surface area (Å²) in [7, 11) is 2.94. The number of aromatic hydroxyl groups is 2. The van der Waals surface area contributed by atoms with Crippen LogP contribution in [0.1, 0.15) is 68.1 Å². The molecule has 210 valence electrons. The fourth-order valence-electron chi connectivity index (χ4n) is 6.12. The Kier molecular flexibility index (Phi) is 9.17. The van der Waals surface area contributed by atoms with Crippen molar-refractivity contribution >= 4 is 17.8 Å². The number of hydrogen-bond donors (Lipinski definition) is 3. The Morgan fingerprint density at radius 1 is 1.00 bits per heavy atom. The highest BCUT2D eigenvalue weighted by Gasteiger charge is 2.37. The summed E-state index contributed by atoms with van der Waals surface area (Å²) in [6, 6.07) is 8.25. The third kappa shape index (κ3) is 6.74. The first kappa shape index (κ1) is 28.5. The zero-order valence-corrected chi connectivity index (χ0v) is 22.8. The van der Waals surface area contributed by atoms with Crippen molar-refractivity contribution in [3.63, 3.8) is 0 Å². The van der Waals surface area contributed by atoms with Gasteiger partial charge in [0, 0.05) is 26.2 Å². The van der Waals surface area contributed by atoms with E-state index >= 15 is 0 Å². The van der Waals surface area contributed by atoms with E-state index in [1.54, 1.807) is 18.2 Å². The summed E-state index contributed by atoms with van der Waals surface area (Å²) in [5.74, 6) is 0.470. The smallest absolute Gasteiger partial charge is 0.303 e. The molecule has 2 aromatic carbocycles. The van der Waals surface area contributed by atoms with E-state index in [1.165, 1.54) is 27.2 Å². The molecular weight excluding hydrogens is 500 g/mol. The fourth-order valence-corrected chi connectivity index (χ4v) is 6.12. The molecule has 0 aliphatic heterocycles. The van der Waals surface area contributed by atoms with Crippen molar-refractivity contribution in [2.24, 2.45) is 11.8 Å². The van der Waals surface area contributed by atoms with E-state index in [1.807, 2.05) is 12.1 Å². The average molecular weight is 539 g/mol. The van der Waals surface area contributed by atoms with Gasteiger partial charge in [0.2, 0.25) is 0 Å². The number of ketones is 1. The maximum atomic E-state index is 13.6. The quantitative estimate of drug-likeness (QED) is 0.365. The van der Waals surface area contributed by atoms with Gasteiger partial charge in [-0.05, 0) is 71.6 Å². The number of methoxy groups -OCH3 is 2. The number of phenols is 2. The molecule has 1 fully saturated rings. The lowest BCUT2D eigenvalue weighted by molar-refractivity contribution is -0.154. The number of phenolic OH excluding ortho intramolecular Hbond substituents is 2. The molecule has 0 radical (unpaired) electrons. The van der Waals surface area contributed by atoms with Crippen molar-refractivity contribution in [2.45, 2.75) is 70.0 Å². The van der Waals surface area contributed by atoms with Crippen LogP contribution in [-0.4, -0.2) is 53.5 Å². The minimum absolute atomic E-state index is 0.0217. The molecule has 2 aromatic rings. The van der Waals surface area contributed by atoms with Crippen molar-refractivity contribution in [2.75, 3.05) is 14.2 Å². The molecule has 8 heteroatoms. The highest BCUT2D eigenvalue weighted by atomic mass is 16.6. The summed E-state index contributed by atoms with van der Waals surface area (Å²) in [5.41, 5.74) is 2.50. The molecule has 0 aromatic heterocycles. The molecule has 2 aliphatic carbocycles. The number of benzene rings is 2. The number of carbonyl (C=O) groups is 2. The molecule has 0 bridgehead atoms. The number of ether oxygens (including phenoxy) is 3. The van der Waals surface area contributed by atoms with Gasteiger partial charge in [0.1, 0.15) is 11.9 Å². The average Bonchev–Trinajstić information content (AvgIpc) is 3.05. The largest absolute Gasteiger partial charge is 0.504 e. The van der Waals surface area contributed by atoms with Crippen LogP contribution in [0.2, 0.25) is 0 Å². The fraction of sp³-hybridized carbons (Fsp3) is 0.484. The summed E-state index contributed by atoms with van der Waals surface area (Å²) < 4.78 is 16.0. The number of Topliss-reactive ketones (excluding diaryl/α,β-unsaturated/α-hetero) is 1. The summed E-state index contributed by atoms with van der Waals surface area (Å²) in [5, 5.41) is 31.3. The molecular formula is C31H38O8. The summed E-state index contributed by atoms with van der Waals surface area (Å²) in [6.45, 7) is 1.26. The van der Waals surface area contributed by atoms with Gasteiger partial charge in [-0.25, -0.2) is 0 Å². The molecule has 1 saturated carbocycles. The number of hydrogen-bond acceptors (Lipinski definition) is 8. The van der Waals surface area contributed by atoms with Gasteiger partial charge in [-0.3, -0.25) is 9.59 Å². The van der Waals surface area contributed by atoms with E-state index < -0.39 is 18.2 Å². The molecule has 5 atom stereocenters. The number of aliphatic hydroxyl groups excluding tert-OH is 1. The number of allylic oxidation sites excluding steroid dienone is 1. The van der Waals surface area contributed by atoms with Crippen molar-refractivity contribution in [3.05, 3.63) is 53.1 Å². The highest BCUT2D eigenvalue weighted by Crippen LogP contribution is 2.48. The monoisotopic (exact) mass is 538 g/mol. The van der Waals surface area contributed by atoms with Crippen LogP contribution in [0.15, 0.2) is 36.4 Å². The first-order chi connectivity index (χ1) is 18.7. The first-order valence-electron chi connectivity index (χ1n) is 13.5. The van der Waals surface area contributed by atoms with Crippen molar-refractivity contribution in [3.8, 4) is 23.0 Å². The van der Waals surface area contributed by atoms with Crippen LogP contribution in [0.3, 0.4) is 0 Å². The number of esters is 1. The summed E-state index contributed by atoms with van der Waals surface area (Å²) in [4.78, 5) is 25.5. The number of aliphatic hydroxyl groups is 1. The van der Waals surface area contributed by atoms with Crippen molar-refractivity contribution in [1.29, 1.82) is 0 Å². The van der Waals surface area contributed by atoms with Crippen molar-refractivity contribution in [1.82, 2.24) is 0 Å². The van der Waals surface area contributed by atoms with Crippen LogP contribution in [0.5, 0.6) is 23.0 Å². The van der Waals surface area contributed by atoms with Gasteiger partial charge in [0.05, 0.1) is 20.3 Å². The third-order valence-corrected chi connectivity index (χ3v) is 8.01. The predicted octanol–water partition coefficient (Wildman–Crippen LogP) is 4.92. The Hall–Kier alpha value is -3.52. The molecule has 39 heavy (non-hydrogen) atoms. The molecule has 8 nitrogen and oxygen atoms in total. The second kappa shape index (κ2) is 12.6. The molecule has 0 amide bonds. The van der Waals surface area contributed by atoms with Crippen LogP contribution in [0.25, 0.3) is 6.08 Å². The molecule has 4 rings (SSSR count). The Morgan fingerprint density at radius 2 is 1.72 bits per heavy atom. The van der Waals surface area contributed by atoms with E-state index in [9.17, 15) is 24.9 Å². The van der Waals surface area contributed by atoms with E-state index in [-0.39, 0.29) is 54.1 Å². The van der Waals surface area contributed by atoms with Crippen LogP contribution in [-0.2, 0) is 20.7 Å². The minimum Gasteiger partial charge on any atom is -0.504 e. The number of fused-ring (bicyclic) bond motifs is 2. The lowest BCUT2D eigenvalue weighted by Crippen LogP contribution is -2.35. The van der Waals surface area contributed by atoms with Gasteiger partial charge in [-0.1, -0.05) is 31.1 Å². The summed E-state index contributed by atoms with van der Waals surface area (Å²) in [6.07, 6.45) is 6.58. The van der Waals surface area contributed by atoms with Gasteiger partial charge in [0.15, 0.2) is 23.0 Å². The third-order valence-electron chi connectivity index (χ3n) is 8.01. The minimum atomic E-state index is -1.13. The maximum Gasteiger partial charge on any atom is 0.303 e. The van der Waals surface area contributed by atoms with Gasteiger partial charge in [0.25, 0.3) is 0 Å². The summed E-state index contributed by atoms with van der Waals surface area (Å²) >= 11 is 0. The molecule has 5 unspecified atom stereocenters. The van der Waals surface area contributed by atoms with Gasteiger partial charge < -0.3 is 29.5 Å². The molecule has 0 spiro atoms. The molecule has 0 heterocycles. The van der Waals surface area contributed by atoms with Gasteiger partial charge >= 0.3 is 5.97 Å². The lowest BCUT2D eigenvalue weighted by Gasteiger charge is -2.35. The normalized spacial score (nSPS) is 21.6. The highest BCUT2D eigenvalue weighted by molar-refractivity contribution is 5.81. The second-order valence-corrected chi connectivity index (χ2v) is 10.6. The van der Waals surface area contributed by atoms with Crippen LogP contribution >= 0.6 is 0 Å². The predicted molar refractivity (Wildman–Crippen MR) is 146 cm³/mol. The molecule has 3 N–H and O–H groups in total. The van der Waals surface area contributed by atoms with Crippen LogP contribution in [0, 0.1) is 11.8 Å². The van der Waals surface area contributed by atoms with E-state index in [4.69, 9.17) is 14.2 Å². The Balaban J connectivity index is 1.56. The zero-order valence-electron chi connectivity index (χ0n) is 22.8.